The highest BCUT2D eigenvalue weighted by molar-refractivity contribution is 5.82. The Balaban J connectivity index is 1.94. The summed E-state index contributed by atoms with van der Waals surface area (Å²) in [6.45, 7) is 4.26. The number of methoxy groups -OCH3 is 1. The van der Waals surface area contributed by atoms with E-state index in [1.165, 1.54) is 5.56 Å². The zero-order valence-electron chi connectivity index (χ0n) is 12.8. The van der Waals surface area contributed by atoms with Crippen molar-refractivity contribution in [1.82, 2.24) is 4.98 Å². The van der Waals surface area contributed by atoms with Gasteiger partial charge in [-0.1, -0.05) is 32.0 Å². The quantitative estimate of drug-likeness (QED) is 0.813. The fourth-order valence-electron chi connectivity index (χ4n) is 2.12. The molecule has 0 spiro atoms. The lowest BCUT2D eigenvalue weighted by Crippen LogP contribution is -2.08. The summed E-state index contributed by atoms with van der Waals surface area (Å²) >= 11 is 0. The molecule has 3 nitrogen and oxygen atoms in total. The minimum atomic E-state index is 0.171. The first-order valence-corrected chi connectivity index (χ1v) is 7.18. The normalized spacial score (nSPS) is 10.7. The summed E-state index contributed by atoms with van der Waals surface area (Å²) < 4.78 is 5.11. The van der Waals surface area contributed by atoms with Gasteiger partial charge in [-0.3, -0.25) is 9.78 Å². The maximum Gasteiger partial charge on any atom is 0.143 e. The van der Waals surface area contributed by atoms with Crippen LogP contribution in [0.5, 0.6) is 5.75 Å². The predicted molar refractivity (Wildman–Crippen MR) is 83.7 cm³/mol. The molecule has 2 aromatic rings. The molecule has 2 rings (SSSR count). The van der Waals surface area contributed by atoms with Crippen LogP contribution in [0.25, 0.3) is 0 Å². The number of benzene rings is 1. The number of carbonyl (C=O) groups is 1. The van der Waals surface area contributed by atoms with Gasteiger partial charge in [0.2, 0.25) is 0 Å². The maximum atomic E-state index is 12.1. The Morgan fingerprint density at radius 3 is 2.33 bits per heavy atom. The molecule has 0 unspecified atom stereocenters. The average Bonchev–Trinajstić information content (AvgIpc) is 2.48. The number of ether oxygens (including phenoxy) is 1. The zero-order valence-corrected chi connectivity index (χ0v) is 12.8. The molecule has 0 aliphatic heterocycles. The molecule has 0 bridgehead atoms. The highest BCUT2D eigenvalue weighted by Crippen LogP contribution is 2.14. The van der Waals surface area contributed by atoms with Crippen LogP contribution in [0.4, 0.5) is 0 Å². The molecule has 3 heteroatoms. The molecule has 0 aliphatic rings. The van der Waals surface area contributed by atoms with Crippen LogP contribution in [0.1, 0.15) is 36.6 Å². The van der Waals surface area contributed by atoms with Crippen LogP contribution in [-0.2, 0) is 17.6 Å². The van der Waals surface area contributed by atoms with E-state index in [-0.39, 0.29) is 5.78 Å². The van der Waals surface area contributed by atoms with Crippen molar-refractivity contribution in [1.29, 1.82) is 0 Å². The topological polar surface area (TPSA) is 39.2 Å². The first kappa shape index (κ1) is 15.2. The first-order valence-electron chi connectivity index (χ1n) is 7.18. The summed E-state index contributed by atoms with van der Waals surface area (Å²) in [5.74, 6) is 1.43. The Morgan fingerprint density at radius 1 is 1.10 bits per heavy atom. The molecule has 0 atom stereocenters. The monoisotopic (exact) mass is 283 g/mol. The molecule has 0 aliphatic carbocycles. The fraction of sp³-hybridized carbons (Fsp3) is 0.333. The van der Waals surface area contributed by atoms with E-state index in [1.54, 1.807) is 7.11 Å². The van der Waals surface area contributed by atoms with E-state index in [2.05, 4.69) is 18.8 Å². The molecular weight excluding hydrogens is 262 g/mol. The Hall–Kier alpha value is -2.16. The standard InChI is InChI=1S/C18H21NO2/c1-13(2)15-6-7-16(19-12-15)11-17(20)10-14-4-8-18(21-3)9-5-14/h4-9,12-13H,10-11H2,1-3H3. The lowest BCUT2D eigenvalue weighted by Gasteiger charge is -2.06. The highest BCUT2D eigenvalue weighted by Gasteiger charge is 2.07. The summed E-state index contributed by atoms with van der Waals surface area (Å²) in [7, 11) is 1.63. The summed E-state index contributed by atoms with van der Waals surface area (Å²) in [4.78, 5) is 16.5. The van der Waals surface area contributed by atoms with Gasteiger partial charge in [-0.15, -0.1) is 0 Å². The number of Topliss-reactive ketones (excluding diaryl/α,β-unsaturated/α-hetero) is 1. The van der Waals surface area contributed by atoms with E-state index in [9.17, 15) is 4.79 Å². The van der Waals surface area contributed by atoms with Crippen LogP contribution in [0.2, 0.25) is 0 Å². The Bertz CT molecular complexity index is 586. The summed E-state index contributed by atoms with van der Waals surface area (Å²) in [6.07, 6.45) is 2.67. The van der Waals surface area contributed by atoms with Crippen LogP contribution >= 0.6 is 0 Å². The third-order valence-electron chi connectivity index (χ3n) is 3.45. The van der Waals surface area contributed by atoms with Crippen molar-refractivity contribution in [2.75, 3.05) is 7.11 Å². The van der Waals surface area contributed by atoms with Gasteiger partial charge in [0.05, 0.1) is 7.11 Å². The smallest absolute Gasteiger partial charge is 0.143 e. The van der Waals surface area contributed by atoms with Gasteiger partial charge in [-0.05, 0) is 35.2 Å². The second kappa shape index (κ2) is 7.02. The minimum Gasteiger partial charge on any atom is -0.497 e. The van der Waals surface area contributed by atoms with E-state index in [0.717, 1.165) is 17.0 Å². The maximum absolute atomic E-state index is 12.1. The number of hydrogen-bond acceptors (Lipinski definition) is 3. The molecule has 21 heavy (non-hydrogen) atoms. The molecule has 110 valence electrons. The largest absolute Gasteiger partial charge is 0.497 e. The van der Waals surface area contributed by atoms with Crippen molar-refractivity contribution >= 4 is 5.78 Å². The summed E-state index contributed by atoms with van der Waals surface area (Å²) in [6, 6.07) is 11.6. The number of ketones is 1. The van der Waals surface area contributed by atoms with E-state index in [4.69, 9.17) is 4.74 Å². The fourth-order valence-corrected chi connectivity index (χ4v) is 2.12. The van der Waals surface area contributed by atoms with Crippen LogP contribution < -0.4 is 4.74 Å². The van der Waals surface area contributed by atoms with Gasteiger partial charge >= 0.3 is 0 Å². The average molecular weight is 283 g/mol. The van der Waals surface area contributed by atoms with Crippen LogP contribution in [-0.4, -0.2) is 17.9 Å². The van der Waals surface area contributed by atoms with Crippen molar-refractivity contribution in [3.8, 4) is 5.75 Å². The molecule has 0 fully saturated rings. The highest BCUT2D eigenvalue weighted by atomic mass is 16.5. The second-order valence-corrected chi connectivity index (χ2v) is 5.48. The predicted octanol–water partition coefficient (Wildman–Crippen LogP) is 3.57. The van der Waals surface area contributed by atoms with E-state index in [1.807, 2.05) is 42.6 Å². The summed E-state index contributed by atoms with van der Waals surface area (Å²) in [5, 5.41) is 0. The van der Waals surface area contributed by atoms with Crippen molar-refractivity contribution < 1.29 is 9.53 Å². The molecule has 1 heterocycles. The van der Waals surface area contributed by atoms with Gasteiger partial charge in [-0.2, -0.15) is 0 Å². The SMILES string of the molecule is COc1ccc(CC(=O)Cc2ccc(C(C)C)cn2)cc1. The van der Waals surface area contributed by atoms with E-state index in [0.29, 0.717) is 18.8 Å². The van der Waals surface area contributed by atoms with Crippen molar-refractivity contribution in [2.45, 2.75) is 32.6 Å². The number of rotatable bonds is 6. The molecule has 0 N–H and O–H groups in total. The number of aromatic nitrogens is 1. The number of hydrogen-bond donors (Lipinski definition) is 0. The lowest BCUT2D eigenvalue weighted by molar-refractivity contribution is -0.117. The van der Waals surface area contributed by atoms with Gasteiger partial charge in [0.25, 0.3) is 0 Å². The van der Waals surface area contributed by atoms with Crippen molar-refractivity contribution in [3.63, 3.8) is 0 Å². The third-order valence-corrected chi connectivity index (χ3v) is 3.45. The second-order valence-electron chi connectivity index (χ2n) is 5.48. The van der Waals surface area contributed by atoms with Crippen molar-refractivity contribution in [2.24, 2.45) is 0 Å². The molecular formula is C18H21NO2. The molecule has 1 aromatic heterocycles. The number of carbonyl (C=O) groups excluding carboxylic acids is 1. The van der Waals surface area contributed by atoms with E-state index >= 15 is 0 Å². The number of nitrogens with zero attached hydrogens (tertiary/aromatic N) is 1. The van der Waals surface area contributed by atoms with Gasteiger partial charge in [0, 0.05) is 24.7 Å². The van der Waals surface area contributed by atoms with Gasteiger partial charge in [0.15, 0.2) is 0 Å². The Kier molecular flexibility index (Phi) is 5.09. The number of pyridine rings is 1. The lowest BCUT2D eigenvalue weighted by atomic mass is 10.0. The van der Waals surface area contributed by atoms with Crippen LogP contribution in [0, 0.1) is 0 Å². The molecule has 0 saturated heterocycles. The van der Waals surface area contributed by atoms with Gasteiger partial charge in [0.1, 0.15) is 11.5 Å². The third kappa shape index (κ3) is 4.42. The van der Waals surface area contributed by atoms with Crippen LogP contribution in [0.3, 0.4) is 0 Å². The van der Waals surface area contributed by atoms with Crippen LogP contribution in [0.15, 0.2) is 42.6 Å². The van der Waals surface area contributed by atoms with Gasteiger partial charge in [-0.25, -0.2) is 0 Å². The first-order chi connectivity index (χ1) is 10.1. The van der Waals surface area contributed by atoms with Gasteiger partial charge < -0.3 is 4.74 Å². The molecule has 0 amide bonds. The molecule has 1 aromatic carbocycles. The minimum absolute atomic E-state index is 0.171. The van der Waals surface area contributed by atoms with E-state index < -0.39 is 0 Å². The Morgan fingerprint density at radius 2 is 1.81 bits per heavy atom. The molecule has 0 saturated carbocycles. The van der Waals surface area contributed by atoms with Crippen molar-refractivity contribution in [3.05, 3.63) is 59.4 Å². The zero-order chi connectivity index (χ0) is 15.2. The molecule has 0 radical (unpaired) electrons. The Labute approximate surface area is 126 Å². The summed E-state index contributed by atoms with van der Waals surface area (Å²) in [5.41, 5.74) is 3.03.